The van der Waals surface area contributed by atoms with Gasteiger partial charge in [-0.3, -0.25) is 14.4 Å². The molecule has 1 atom stereocenters. The van der Waals surface area contributed by atoms with Crippen molar-refractivity contribution in [2.75, 3.05) is 6.61 Å². The number of carbonyl (C=O) groups excluding carboxylic acids is 3. The maximum absolute atomic E-state index is 11.5. The fourth-order valence-corrected chi connectivity index (χ4v) is 2.12. The largest absolute Gasteiger partial charge is 0.456 e. The third-order valence-electron chi connectivity index (χ3n) is 2.47. The lowest BCUT2D eigenvalue weighted by molar-refractivity contribution is -0.146. The van der Waals surface area contributed by atoms with Crippen molar-refractivity contribution < 1.29 is 19.1 Å². The van der Waals surface area contributed by atoms with Crippen LogP contribution in [-0.4, -0.2) is 30.4 Å². The van der Waals surface area contributed by atoms with Gasteiger partial charge in [-0.1, -0.05) is 18.2 Å². The highest BCUT2D eigenvalue weighted by molar-refractivity contribution is 14.1. The standard InChI is InChI=1S/C13H15IN2O4/c1-8(17)20-7-12(18)16-11(13(15)19)6-9-4-2-3-5-10(9)14/h2-5,11H,6-7H2,1H3,(H2,15,19)(H,16,18)/t11-/m0/s1. The Bertz CT molecular complexity index is 519. The first-order valence-corrected chi connectivity index (χ1v) is 6.93. The number of benzene rings is 1. The number of hydrogen-bond acceptors (Lipinski definition) is 4. The number of halogens is 1. The lowest BCUT2D eigenvalue weighted by Gasteiger charge is -2.16. The molecule has 20 heavy (non-hydrogen) atoms. The van der Waals surface area contributed by atoms with Crippen LogP contribution in [0.5, 0.6) is 0 Å². The normalized spacial score (nSPS) is 11.5. The molecular weight excluding hydrogens is 375 g/mol. The molecular formula is C13H15IN2O4. The molecule has 0 aliphatic rings. The molecule has 0 saturated carbocycles. The van der Waals surface area contributed by atoms with Gasteiger partial charge >= 0.3 is 5.97 Å². The number of carbonyl (C=O) groups is 3. The molecule has 0 unspecified atom stereocenters. The Balaban J connectivity index is 2.66. The fraction of sp³-hybridized carbons (Fsp3) is 0.308. The van der Waals surface area contributed by atoms with E-state index < -0.39 is 30.4 Å². The summed E-state index contributed by atoms with van der Waals surface area (Å²) in [6, 6.07) is 6.64. The smallest absolute Gasteiger partial charge is 0.303 e. The van der Waals surface area contributed by atoms with Gasteiger partial charge in [-0.15, -0.1) is 0 Å². The van der Waals surface area contributed by atoms with E-state index in [4.69, 9.17) is 5.73 Å². The fourth-order valence-electron chi connectivity index (χ4n) is 1.51. The molecule has 108 valence electrons. The van der Waals surface area contributed by atoms with Gasteiger partial charge in [-0.2, -0.15) is 0 Å². The van der Waals surface area contributed by atoms with E-state index in [0.717, 1.165) is 9.13 Å². The third kappa shape index (κ3) is 5.55. The van der Waals surface area contributed by atoms with Crippen molar-refractivity contribution in [2.24, 2.45) is 5.73 Å². The van der Waals surface area contributed by atoms with E-state index in [1.54, 1.807) is 0 Å². The molecule has 0 aromatic heterocycles. The molecule has 6 nitrogen and oxygen atoms in total. The summed E-state index contributed by atoms with van der Waals surface area (Å²) in [4.78, 5) is 33.5. The molecule has 0 heterocycles. The van der Waals surface area contributed by atoms with Crippen LogP contribution in [0.15, 0.2) is 24.3 Å². The van der Waals surface area contributed by atoms with Crippen LogP contribution in [0.1, 0.15) is 12.5 Å². The molecule has 3 N–H and O–H groups in total. The predicted molar refractivity (Wildman–Crippen MR) is 80.6 cm³/mol. The van der Waals surface area contributed by atoms with Gasteiger partial charge in [0.1, 0.15) is 6.04 Å². The van der Waals surface area contributed by atoms with Gasteiger partial charge in [-0.25, -0.2) is 0 Å². The monoisotopic (exact) mass is 390 g/mol. The molecule has 7 heteroatoms. The summed E-state index contributed by atoms with van der Waals surface area (Å²) in [5.41, 5.74) is 6.18. The summed E-state index contributed by atoms with van der Waals surface area (Å²) < 4.78 is 5.53. The van der Waals surface area contributed by atoms with E-state index in [1.165, 1.54) is 6.92 Å². The number of primary amides is 1. The van der Waals surface area contributed by atoms with Crippen molar-refractivity contribution in [3.05, 3.63) is 33.4 Å². The predicted octanol–water partition coefficient (Wildman–Crippen LogP) is 0.367. The summed E-state index contributed by atoms with van der Waals surface area (Å²) in [5.74, 6) is -1.76. The van der Waals surface area contributed by atoms with Gasteiger partial charge in [-0.05, 0) is 34.2 Å². The van der Waals surface area contributed by atoms with Gasteiger partial charge in [0, 0.05) is 16.9 Å². The number of nitrogens with two attached hydrogens (primary N) is 1. The third-order valence-corrected chi connectivity index (χ3v) is 3.52. The summed E-state index contributed by atoms with van der Waals surface area (Å²) in [6.07, 6.45) is 0.292. The van der Waals surface area contributed by atoms with Gasteiger partial charge in [0.2, 0.25) is 5.91 Å². The number of rotatable bonds is 6. The van der Waals surface area contributed by atoms with Crippen LogP contribution >= 0.6 is 22.6 Å². The zero-order chi connectivity index (χ0) is 15.1. The van der Waals surface area contributed by atoms with E-state index >= 15 is 0 Å². The van der Waals surface area contributed by atoms with Gasteiger partial charge in [0.15, 0.2) is 6.61 Å². The average molecular weight is 390 g/mol. The number of esters is 1. The van der Waals surface area contributed by atoms with Crippen molar-refractivity contribution >= 4 is 40.4 Å². The number of amides is 2. The van der Waals surface area contributed by atoms with Crippen LogP contribution in [-0.2, 0) is 25.5 Å². The lowest BCUT2D eigenvalue weighted by Crippen LogP contribution is -2.47. The van der Waals surface area contributed by atoms with Gasteiger partial charge in [0.05, 0.1) is 0 Å². The topological polar surface area (TPSA) is 98.5 Å². The molecule has 1 aromatic carbocycles. The Kier molecular flexibility index (Phi) is 6.43. The Hall–Kier alpha value is -1.64. The minimum atomic E-state index is -0.839. The molecule has 0 aliphatic carbocycles. The van der Waals surface area contributed by atoms with Crippen LogP contribution in [0.4, 0.5) is 0 Å². The summed E-state index contributed by atoms with van der Waals surface area (Å²) >= 11 is 2.14. The Morgan fingerprint density at radius 3 is 2.55 bits per heavy atom. The van der Waals surface area contributed by atoms with Gasteiger partial charge < -0.3 is 15.8 Å². The molecule has 0 bridgehead atoms. The van der Waals surface area contributed by atoms with Crippen molar-refractivity contribution in [2.45, 2.75) is 19.4 Å². The molecule has 0 saturated heterocycles. The Labute approximate surface area is 130 Å². The zero-order valence-electron chi connectivity index (χ0n) is 10.9. The first kappa shape index (κ1) is 16.4. The molecule has 0 spiro atoms. The van der Waals surface area contributed by atoms with Crippen molar-refractivity contribution in [1.82, 2.24) is 5.32 Å². The van der Waals surface area contributed by atoms with Crippen LogP contribution < -0.4 is 11.1 Å². The second-order valence-corrected chi connectivity index (χ2v) is 5.26. The van der Waals surface area contributed by atoms with E-state index in [0.29, 0.717) is 6.42 Å². The van der Waals surface area contributed by atoms with E-state index in [-0.39, 0.29) is 0 Å². The molecule has 1 rings (SSSR count). The quantitative estimate of drug-likeness (QED) is 0.542. The summed E-state index contributed by atoms with van der Waals surface area (Å²) in [6.45, 7) is 0.774. The van der Waals surface area contributed by atoms with Gasteiger partial charge in [0.25, 0.3) is 5.91 Å². The number of nitrogens with one attached hydrogen (secondary N) is 1. The van der Waals surface area contributed by atoms with E-state index in [9.17, 15) is 14.4 Å². The second kappa shape index (κ2) is 7.83. The first-order valence-electron chi connectivity index (χ1n) is 5.85. The Morgan fingerprint density at radius 1 is 1.35 bits per heavy atom. The van der Waals surface area contributed by atoms with E-state index in [1.807, 2.05) is 24.3 Å². The van der Waals surface area contributed by atoms with Crippen molar-refractivity contribution in [3.63, 3.8) is 0 Å². The first-order chi connectivity index (χ1) is 9.40. The highest BCUT2D eigenvalue weighted by Gasteiger charge is 2.19. The maximum Gasteiger partial charge on any atom is 0.303 e. The molecule has 2 amide bonds. The summed E-state index contributed by atoms with van der Waals surface area (Å²) in [5, 5.41) is 2.45. The second-order valence-electron chi connectivity index (χ2n) is 4.10. The van der Waals surface area contributed by atoms with Crippen LogP contribution in [0.2, 0.25) is 0 Å². The van der Waals surface area contributed by atoms with Crippen LogP contribution in [0.25, 0.3) is 0 Å². The molecule has 0 fully saturated rings. The zero-order valence-corrected chi connectivity index (χ0v) is 13.0. The average Bonchev–Trinajstić information content (AvgIpc) is 2.38. The lowest BCUT2D eigenvalue weighted by atomic mass is 10.1. The number of ether oxygens (including phenoxy) is 1. The Morgan fingerprint density at radius 2 is 2.00 bits per heavy atom. The van der Waals surface area contributed by atoms with Crippen molar-refractivity contribution in [3.8, 4) is 0 Å². The minimum Gasteiger partial charge on any atom is -0.456 e. The maximum atomic E-state index is 11.5. The minimum absolute atomic E-state index is 0.292. The highest BCUT2D eigenvalue weighted by Crippen LogP contribution is 2.13. The molecule has 1 aromatic rings. The SMILES string of the molecule is CC(=O)OCC(=O)N[C@@H](Cc1ccccc1I)C(N)=O. The molecule has 0 aliphatic heterocycles. The number of hydrogen-bond donors (Lipinski definition) is 2. The van der Waals surface area contributed by atoms with Crippen LogP contribution in [0, 0.1) is 3.57 Å². The van der Waals surface area contributed by atoms with E-state index in [2.05, 4.69) is 32.6 Å². The molecule has 0 radical (unpaired) electrons. The highest BCUT2D eigenvalue weighted by atomic mass is 127. The summed E-state index contributed by atoms with van der Waals surface area (Å²) in [7, 11) is 0. The van der Waals surface area contributed by atoms with Crippen LogP contribution in [0.3, 0.4) is 0 Å². The van der Waals surface area contributed by atoms with Crippen molar-refractivity contribution in [1.29, 1.82) is 0 Å².